The summed E-state index contributed by atoms with van der Waals surface area (Å²) in [6, 6.07) is 7.90. The second-order valence-electron chi connectivity index (χ2n) is 5.03. The van der Waals surface area contributed by atoms with Gasteiger partial charge in [0.25, 0.3) is 0 Å². The molecule has 0 aliphatic heterocycles. The number of rotatable bonds is 5. The molecule has 0 heterocycles. The first-order valence-electron chi connectivity index (χ1n) is 7.19. The Labute approximate surface area is 125 Å². The minimum Gasteiger partial charge on any atom is -0.490 e. The van der Waals surface area contributed by atoms with Crippen LogP contribution in [0.2, 0.25) is 5.02 Å². The molecule has 20 heavy (non-hydrogen) atoms. The van der Waals surface area contributed by atoms with Crippen molar-refractivity contribution < 1.29 is 4.74 Å². The first-order chi connectivity index (χ1) is 9.75. The van der Waals surface area contributed by atoms with Gasteiger partial charge in [-0.2, -0.15) is 0 Å². The molecule has 3 N–H and O–H groups in total. The first kappa shape index (κ1) is 15.0. The summed E-state index contributed by atoms with van der Waals surface area (Å²) < 4.78 is 5.55. The average Bonchev–Trinajstić information content (AvgIpc) is 2.46. The van der Waals surface area contributed by atoms with Gasteiger partial charge in [-0.15, -0.1) is 0 Å². The van der Waals surface area contributed by atoms with Crippen molar-refractivity contribution in [3.05, 3.63) is 29.3 Å². The van der Waals surface area contributed by atoms with E-state index in [0.717, 1.165) is 0 Å². The number of guanidine groups is 1. The van der Waals surface area contributed by atoms with Crippen LogP contribution in [-0.4, -0.2) is 25.2 Å². The molecule has 1 aliphatic carbocycles. The third-order valence-corrected chi connectivity index (χ3v) is 3.74. The second kappa shape index (κ2) is 8.00. The molecule has 1 aromatic rings. The fourth-order valence-electron chi connectivity index (χ4n) is 2.39. The van der Waals surface area contributed by atoms with Gasteiger partial charge in [0.15, 0.2) is 5.96 Å². The Hall–Kier alpha value is -1.42. The van der Waals surface area contributed by atoms with Crippen molar-refractivity contribution >= 4 is 17.6 Å². The predicted molar refractivity (Wildman–Crippen MR) is 83.4 cm³/mol. The monoisotopic (exact) mass is 295 g/mol. The zero-order valence-electron chi connectivity index (χ0n) is 11.6. The van der Waals surface area contributed by atoms with E-state index in [0.29, 0.717) is 35.9 Å². The predicted octanol–water partition coefficient (Wildman–Crippen LogP) is 2.96. The summed E-state index contributed by atoms with van der Waals surface area (Å²) in [6.07, 6.45) is 6.26. The van der Waals surface area contributed by atoms with Crippen molar-refractivity contribution in [3.63, 3.8) is 0 Å². The Morgan fingerprint density at radius 2 is 2.05 bits per heavy atom. The van der Waals surface area contributed by atoms with Crippen LogP contribution in [0.1, 0.15) is 32.1 Å². The van der Waals surface area contributed by atoms with Gasteiger partial charge in [-0.3, -0.25) is 0 Å². The number of aliphatic imine (C=N–C) groups is 1. The summed E-state index contributed by atoms with van der Waals surface area (Å²) in [5, 5.41) is 3.89. The highest BCUT2D eigenvalue weighted by Crippen LogP contribution is 2.22. The number of halogens is 1. The third kappa shape index (κ3) is 4.93. The second-order valence-corrected chi connectivity index (χ2v) is 5.43. The summed E-state index contributed by atoms with van der Waals surface area (Å²) in [4.78, 5) is 4.28. The Bertz CT molecular complexity index is 444. The van der Waals surface area contributed by atoms with Crippen molar-refractivity contribution in [1.82, 2.24) is 5.32 Å². The van der Waals surface area contributed by atoms with Crippen LogP contribution in [0, 0.1) is 0 Å². The summed E-state index contributed by atoms with van der Waals surface area (Å²) in [5.74, 6) is 1.20. The number of hydrogen-bond donors (Lipinski definition) is 2. The highest BCUT2D eigenvalue weighted by Gasteiger charge is 2.13. The maximum absolute atomic E-state index is 6.00. The molecule has 5 heteroatoms. The lowest BCUT2D eigenvalue weighted by Gasteiger charge is -2.23. The maximum atomic E-state index is 6.00. The van der Waals surface area contributed by atoms with E-state index in [1.165, 1.54) is 32.1 Å². The summed E-state index contributed by atoms with van der Waals surface area (Å²) in [5.41, 5.74) is 5.87. The highest BCUT2D eigenvalue weighted by atomic mass is 35.5. The molecule has 0 unspecified atom stereocenters. The van der Waals surface area contributed by atoms with Gasteiger partial charge in [-0.25, -0.2) is 4.99 Å². The molecule has 1 fully saturated rings. The molecule has 0 aromatic heterocycles. The molecular formula is C15H22ClN3O. The molecule has 2 rings (SSSR count). The quantitative estimate of drug-likeness (QED) is 0.499. The average molecular weight is 296 g/mol. The van der Waals surface area contributed by atoms with Gasteiger partial charge in [0.1, 0.15) is 12.4 Å². The first-order valence-corrected chi connectivity index (χ1v) is 7.57. The SMILES string of the molecule is NC(=NCCOc1ccccc1Cl)NC1CCCCC1. The lowest BCUT2D eigenvalue weighted by Crippen LogP contribution is -2.41. The Kier molecular flexibility index (Phi) is 5.99. The minimum atomic E-state index is 0.469. The molecule has 0 spiro atoms. The van der Waals surface area contributed by atoms with Gasteiger partial charge in [0.2, 0.25) is 0 Å². The van der Waals surface area contributed by atoms with Gasteiger partial charge in [-0.1, -0.05) is 43.0 Å². The third-order valence-electron chi connectivity index (χ3n) is 3.42. The fourth-order valence-corrected chi connectivity index (χ4v) is 2.58. The van der Waals surface area contributed by atoms with Crippen LogP contribution in [0.15, 0.2) is 29.3 Å². The molecule has 0 atom stereocenters. The van der Waals surface area contributed by atoms with Crippen LogP contribution in [0.25, 0.3) is 0 Å². The van der Waals surface area contributed by atoms with Gasteiger partial charge in [0.05, 0.1) is 11.6 Å². The lowest BCUT2D eigenvalue weighted by atomic mass is 9.96. The van der Waals surface area contributed by atoms with Crippen molar-refractivity contribution in [2.45, 2.75) is 38.1 Å². The van der Waals surface area contributed by atoms with Crippen LogP contribution in [-0.2, 0) is 0 Å². The summed E-state index contributed by atoms with van der Waals surface area (Å²) in [7, 11) is 0. The maximum Gasteiger partial charge on any atom is 0.188 e. The molecule has 110 valence electrons. The molecule has 0 saturated heterocycles. The Morgan fingerprint density at radius 3 is 2.80 bits per heavy atom. The lowest BCUT2D eigenvalue weighted by molar-refractivity contribution is 0.328. The van der Waals surface area contributed by atoms with Crippen LogP contribution in [0.4, 0.5) is 0 Å². The Balaban J connectivity index is 1.68. The van der Waals surface area contributed by atoms with E-state index in [2.05, 4.69) is 10.3 Å². The van der Waals surface area contributed by atoms with E-state index in [1.807, 2.05) is 18.2 Å². The molecule has 1 aromatic carbocycles. The summed E-state index contributed by atoms with van der Waals surface area (Å²) >= 11 is 6.00. The number of benzene rings is 1. The smallest absolute Gasteiger partial charge is 0.188 e. The molecule has 1 aliphatic rings. The fraction of sp³-hybridized carbons (Fsp3) is 0.533. The zero-order valence-corrected chi connectivity index (χ0v) is 12.4. The van der Waals surface area contributed by atoms with Crippen LogP contribution >= 0.6 is 11.6 Å². The van der Waals surface area contributed by atoms with Gasteiger partial charge in [-0.05, 0) is 25.0 Å². The van der Waals surface area contributed by atoms with Crippen LogP contribution in [0.3, 0.4) is 0 Å². The number of para-hydroxylation sites is 1. The van der Waals surface area contributed by atoms with Crippen molar-refractivity contribution in [2.75, 3.05) is 13.2 Å². The van der Waals surface area contributed by atoms with E-state index in [9.17, 15) is 0 Å². The van der Waals surface area contributed by atoms with Crippen LogP contribution in [0.5, 0.6) is 5.75 Å². The van der Waals surface area contributed by atoms with E-state index >= 15 is 0 Å². The minimum absolute atomic E-state index is 0.469. The topological polar surface area (TPSA) is 59.6 Å². The number of ether oxygens (including phenoxy) is 1. The molecule has 1 saturated carbocycles. The normalized spacial score (nSPS) is 16.9. The largest absolute Gasteiger partial charge is 0.490 e. The van der Waals surface area contributed by atoms with Gasteiger partial charge in [0, 0.05) is 6.04 Å². The van der Waals surface area contributed by atoms with Crippen LogP contribution < -0.4 is 15.8 Å². The molecule has 0 radical (unpaired) electrons. The number of nitrogens with zero attached hydrogens (tertiary/aromatic N) is 1. The standard InChI is InChI=1S/C15H22ClN3O/c16-13-8-4-5-9-14(13)20-11-10-18-15(17)19-12-6-2-1-3-7-12/h4-5,8-9,12H,1-3,6-7,10-11H2,(H3,17,18,19). The van der Waals surface area contributed by atoms with E-state index in [1.54, 1.807) is 6.07 Å². The van der Waals surface area contributed by atoms with E-state index < -0.39 is 0 Å². The van der Waals surface area contributed by atoms with Gasteiger partial charge < -0.3 is 15.8 Å². The van der Waals surface area contributed by atoms with Crippen molar-refractivity contribution in [1.29, 1.82) is 0 Å². The zero-order chi connectivity index (χ0) is 14.2. The number of hydrogen-bond acceptors (Lipinski definition) is 2. The molecule has 4 nitrogen and oxygen atoms in total. The molecule has 0 bridgehead atoms. The van der Waals surface area contributed by atoms with E-state index in [4.69, 9.17) is 22.1 Å². The number of nitrogens with two attached hydrogens (primary N) is 1. The van der Waals surface area contributed by atoms with Crippen molar-refractivity contribution in [3.8, 4) is 5.75 Å². The van der Waals surface area contributed by atoms with Gasteiger partial charge >= 0.3 is 0 Å². The number of nitrogens with one attached hydrogen (secondary N) is 1. The highest BCUT2D eigenvalue weighted by molar-refractivity contribution is 6.32. The van der Waals surface area contributed by atoms with Crippen molar-refractivity contribution in [2.24, 2.45) is 10.7 Å². The molecule has 0 amide bonds. The molecular weight excluding hydrogens is 274 g/mol. The van der Waals surface area contributed by atoms with E-state index in [-0.39, 0.29) is 0 Å². The Morgan fingerprint density at radius 1 is 1.30 bits per heavy atom. The summed E-state index contributed by atoms with van der Waals surface area (Å²) in [6.45, 7) is 0.994.